The van der Waals surface area contributed by atoms with Gasteiger partial charge in [0.05, 0.1) is 7.11 Å². The number of methoxy groups -OCH3 is 1. The standard InChI is InChI=1S/C22H17N5O4S/c1-30-16-8-6-15(7-9-16)27-19(21(29)31-26-27)17-12-32-22(25-17)24-11-14-5-4-13-3-2-10-23-18(13)20(14)28/h2-10,12H,11H2,1H3,(H2-,24,25,26,28,29)/p+1. The summed E-state index contributed by atoms with van der Waals surface area (Å²) in [4.78, 5) is 21.1. The van der Waals surface area contributed by atoms with Crippen LogP contribution in [-0.2, 0) is 6.54 Å². The van der Waals surface area contributed by atoms with Crippen molar-refractivity contribution < 1.29 is 19.0 Å². The van der Waals surface area contributed by atoms with Gasteiger partial charge in [-0.15, -0.1) is 11.3 Å². The van der Waals surface area contributed by atoms with Gasteiger partial charge in [-0.25, -0.2) is 9.78 Å². The molecule has 5 rings (SSSR count). The van der Waals surface area contributed by atoms with Crippen molar-refractivity contribution in [3.63, 3.8) is 0 Å². The van der Waals surface area contributed by atoms with E-state index in [-0.39, 0.29) is 11.4 Å². The van der Waals surface area contributed by atoms with Gasteiger partial charge in [-0.1, -0.05) is 18.2 Å². The molecule has 0 saturated heterocycles. The highest BCUT2D eigenvalue weighted by Gasteiger charge is 2.27. The topological polar surface area (TPSA) is 117 Å². The minimum absolute atomic E-state index is 0.135. The number of fused-ring (bicyclic) bond motifs is 1. The van der Waals surface area contributed by atoms with Crippen molar-refractivity contribution >= 4 is 27.4 Å². The Morgan fingerprint density at radius 1 is 1.22 bits per heavy atom. The average Bonchev–Trinajstić information content (AvgIpc) is 3.45. The van der Waals surface area contributed by atoms with Crippen LogP contribution >= 0.6 is 11.3 Å². The predicted molar refractivity (Wildman–Crippen MR) is 119 cm³/mol. The van der Waals surface area contributed by atoms with Gasteiger partial charge in [0.25, 0.3) is 0 Å². The molecule has 0 radical (unpaired) electrons. The highest BCUT2D eigenvalue weighted by molar-refractivity contribution is 7.14. The van der Waals surface area contributed by atoms with Crippen molar-refractivity contribution in [3.05, 3.63) is 76.1 Å². The predicted octanol–water partition coefficient (Wildman–Crippen LogP) is 3.24. The summed E-state index contributed by atoms with van der Waals surface area (Å²) in [7, 11) is 1.59. The lowest BCUT2D eigenvalue weighted by molar-refractivity contribution is -0.660. The number of aromatic hydroxyl groups is 1. The van der Waals surface area contributed by atoms with Crippen LogP contribution in [0.5, 0.6) is 11.5 Å². The Balaban J connectivity index is 1.39. The lowest BCUT2D eigenvalue weighted by Crippen LogP contribution is -2.36. The molecule has 3 N–H and O–H groups in total. The van der Waals surface area contributed by atoms with Crippen LogP contribution in [0, 0.1) is 0 Å². The summed E-state index contributed by atoms with van der Waals surface area (Å²) < 4.78 is 11.7. The van der Waals surface area contributed by atoms with E-state index in [2.05, 4.69) is 20.6 Å². The van der Waals surface area contributed by atoms with Crippen LogP contribution in [0.1, 0.15) is 5.56 Å². The van der Waals surface area contributed by atoms with Crippen molar-refractivity contribution in [2.75, 3.05) is 12.4 Å². The van der Waals surface area contributed by atoms with Gasteiger partial charge < -0.3 is 15.2 Å². The smallest absolute Gasteiger partial charge is 0.437 e. The van der Waals surface area contributed by atoms with Crippen molar-refractivity contribution in [1.82, 2.24) is 15.2 Å². The van der Waals surface area contributed by atoms with E-state index in [1.807, 2.05) is 24.3 Å². The minimum atomic E-state index is -0.532. The number of phenols is 1. The van der Waals surface area contributed by atoms with Gasteiger partial charge in [0.1, 0.15) is 17.0 Å². The molecule has 0 fully saturated rings. The first-order chi connectivity index (χ1) is 15.6. The van der Waals surface area contributed by atoms with Gasteiger partial charge in [-0.05, 0) is 28.2 Å². The molecule has 0 spiro atoms. The summed E-state index contributed by atoms with van der Waals surface area (Å²) in [6.45, 7) is 0.353. The maximum absolute atomic E-state index is 12.4. The number of nitrogens with zero attached hydrogens (tertiary/aromatic N) is 3. The molecule has 0 aliphatic heterocycles. The molecule has 0 amide bonds. The van der Waals surface area contributed by atoms with Crippen molar-refractivity contribution in [2.45, 2.75) is 6.54 Å². The number of hydrogen-bond donors (Lipinski definition) is 3. The molecule has 9 nitrogen and oxygen atoms in total. The molecular formula is C22H18N5O4S+. The van der Waals surface area contributed by atoms with Crippen LogP contribution < -0.4 is 20.4 Å². The normalized spacial score (nSPS) is 11.0. The van der Waals surface area contributed by atoms with Crippen molar-refractivity contribution in [2.24, 2.45) is 0 Å². The molecule has 0 saturated carbocycles. The number of nitrogens with one attached hydrogen (secondary N) is 2. The quantitative estimate of drug-likeness (QED) is 0.341. The number of anilines is 1. The van der Waals surface area contributed by atoms with E-state index in [0.29, 0.717) is 39.9 Å². The van der Waals surface area contributed by atoms with E-state index in [9.17, 15) is 9.90 Å². The second kappa shape index (κ2) is 8.16. The van der Waals surface area contributed by atoms with Gasteiger partial charge in [0.2, 0.25) is 5.69 Å². The monoisotopic (exact) mass is 448 g/mol. The molecule has 3 heterocycles. The van der Waals surface area contributed by atoms with Gasteiger partial charge in [-0.2, -0.15) is 0 Å². The summed E-state index contributed by atoms with van der Waals surface area (Å²) in [5.74, 6) is 0.838. The summed E-state index contributed by atoms with van der Waals surface area (Å²) in [5.41, 5.74) is 2.16. The van der Waals surface area contributed by atoms with Crippen LogP contribution in [0.2, 0.25) is 0 Å². The SMILES string of the molecule is COc1ccc(-[n+]2[nH]oc(=O)c2-c2csc(NCc3ccc4cccnc4c3O)n2)cc1. The molecule has 3 aromatic heterocycles. The third kappa shape index (κ3) is 3.56. The molecule has 160 valence electrons. The fourth-order valence-electron chi connectivity index (χ4n) is 3.35. The lowest BCUT2D eigenvalue weighted by Gasteiger charge is -2.07. The molecule has 0 bridgehead atoms. The van der Waals surface area contributed by atoms with Crippen LogP contribution in [0.3, 0.4) is 0 Å². The van der Waals surface area contributed by atoms with Gasteiger partial charge in [0.15, 0.2) is 10.8 Å². The zero-order valence-electron chi connectivity index (χ0n) is 16.9. The van der Waals surface area contributed by atoms with Gasteiger partial charge >= 0.3 is 11.3 Å². The number of thiazole rings is 1. The van der Waals surface area contributed by atoms with Crippen LogP contribution in [0.4, 0.5) is 5.13 Å². The Labute approximate surface area is 185 Å². The molecule has 0 unspecified atom stereocenters. The number of hydrogen-bond acceptors (Lipinski definition) is 8. The van der Waals surface area contributed by atoms with E-state index in [4.69, 9.17) is 9.26 Å². The van der Waals surface area contributed by atoms with E-state index < -0.39 is 5.63 Å². The minimum Gasteiger partial charge on any atom is -0.505 e. The number of aromatic amines is 1. The summed E-state index contributed by atoms with van der Waals surface area (Å²) in [5, 5.41) is 19.6. The number of aromatic nitrogens is 4. The first-order valence-corrected chi connectivity index (χ1v) is 10.6. The van der Waals surface area contributed by atoms with Crippen molar-refractivity contribution in [3.8, 4) is 28.6 Å². The summed E-state index contributed by atoms with van der Waals surface area (Å²) >= 11 is 1.35. The number of ether oxygens (including phenoxy) is 1. The number of rotatable bonds is 6. The number of phenolic OH excluding ortho intramolecular Hbond substituents is 1. The Morgan fingerprint density at radius 3 is 2.88 bits per heavy atom. The Morgan fingerprint density at radius 2 is 2.06 bits per heavy atom. The zero-order chi connectivity index (χ0) is 22.1. The molecule has 0 aliphatic carbocycles. The molecular weight excluding hydrogens is 430 g/mol. The largest absolute Gasteiger partial charge is 0.505 e. The van der Waals surface area contributed by atoms with E-state index in [0.717, 1.165) is 5.39 Å². The third-order valence-corrected chi connectivity index (χ3v) is 5.79. The third-order valence-electron chi connectivity index (χ3n) is 4.99. The van der Waals surface area contributed by atoms with Gasteiger partial charge in [0, 0.05) is 41.2 Å². The fourth-order valence-corrected chi connectivity index (χ4v) is 4.05. The molecule has 2 aromatic carbocycles. The molecule has 5 aromatic rings. The van der Waals surface area contributed by atoms with Crippen LogP contribution in [0.15, 0.2) is 69.4 Å². The molecule has 10 heteroatoms. The highest BCUT2D eigenvalue weighted by Crippen LogP contribution is 2.28. The number of benzene rings is 2. The second-order valence-corrected chi connectivity index (χ2v) is 7.76. The summed E-state index contributed by atoms with van der Waals surface area (Å²) in [6, 6.07) is 14.7. The molecule has 0 atom stereocenters. The van der Waals surface area contributed by atoms with Crippen molar-refractivity contribution in [1.29, 1.82) is 0 Å². The first kappa shape index (κ1) is 19.8. The maximum atomic E-state index is 12.4. The molecule has 0 aliphatic rings. The maximum Gasteiger partial charge on any atom is 0.437 e. The first-order valence-electron chi connectivity index (χ1n) is 9.67. The van der Waals surface area contributed by atoms with E-state index in [1.54, 1.807) is 43.0 Å². The van der Waals surface area contributed by atoms with Gasteiger partial charge in [-0.3, -0.25) is 9.51 Å². The Kier molecular flexibility index (Phi) is 5.04. The average molecular weight is 448 g/mol. The van der Waals surface area contributed by atoms with E-state index >= 15 is 0 Å². The number of H-pyrrole nitrogens is 1. The highest BCUT2D eigenvalue weighted by atomic mass is 32.1. The summed E-state index contributed by atoms with van der Waals surface area (Å²) in [6.07, 6.45) is 1.65. The van der Waals surface area contributed by atoms with E-state index in [1.165, 1.54) is 16.0 Å². The number of pyridine rings is 1. The van der Waals surface area contributed by atoms with Crippen LogP contribution in [-0.4, -0.2) is 27.5 Å². The Bertz CT molecular complexity index is 1460. The lowest BCUT2D eigenvalue weighted by atomic mass is 10.1. The van der Waals surface area contributed by atoms with Crippen LogP contribution in [0.25, 0.3) is 28.0 Å². The second-order valence-electron chi connectivity index (χ2n) is 6.90. The molecule has 32 heavy (non-hydrogen) atoms. The Hall–Kier alpha value is -4.18. The fraction of sp³-hybridized carbons (Fsp3) is 0.0909. The zero-order valence-corrected chi connectivity index (χ0v) is 17.7.